The maximum Gasteiger partial charge on any atom is 0.132 e. The van der Waals surface area contributed by atoms with E-state index in [1.807, 2.05) is 19.1 Å². The monoisotopic (exact) mass is 252 g/mol. The summed E-state index contributed by atoms with van der Waals surface area (Å²) in [6.45, 7) is 2.36. The van der Waals surface area contributed by atoms with E-state index in [0.717, 1.165) is 17.0 Å². The summed E-state index contributed by atoms with van der Waals surface area (Å²) in [5.41, 5.74) is 1.81. The number of aliphatic hydroxyl groups is 1. The number of furan rings is 1. The number of aromatic nitrogens is 1. The highest BCUT2D eigenvalue weighted by atomic mass is 35.5. The number of aliphatic hydroxyl groups excluding tert-OH is 1. The Morgan fingerprint density at radius 1 is 1.41 bits per heavy atom. The van der Waals surface area contributed by atoms with Crippen molar-refractivity contribution in [3.63, 3.8) is 0 Å². The molecule has 0 radical (unpaired) electrons. The van der Waals surface area contributed by atoms with Crippen LogP contribution >= 0.6 is 11.6 Å². The number of anilines is 1. The zero-order valence-corrected chi connectivity index (χ0v) is 10.2. The topological polar surface area (TPSA) is 58.3 Å². The van der Waals surface area contributed by atoms with Gasteiger partial charge in [0, 0.05) is 0 Å². The maximum atomic E-state index is 8.86. The van der Waals surface area contributed by atoms with E-state index >= 15 is 0 Å². The van der Waals surface area contributed by atoms with Crippen LogP contribution in [0.5, 0.6) is 0 Å². The van der Waals surface area contributed by atoms with Crippen LogP contribution in [-0.2, 0) is 13.2 Å². The number of aryl methyl sites for hydroxylation is 1. The summed E-state index contributed by atoms with van der Waals surface area (Å²) in [6, 6.07) is 5.50. The minimum absolute atomic E-state index is 0.0817. The summed E-state index contributed by atoms with van der Waals surface area (Å²) in [4.78, 5) is 4.04. The molecule has 90 valence electrons. The second-order valence-corrected chi connectivity index (χ2v) is 4.07. The second kappa shape index (κ2) is 5.21. The van der Waals surface area contributed by atoms with Crippen molar-refractivity contribution >= 4 is 17.3 Å². The first-order chi connectivity index (χ1) is 8.19. The van der Waals surface area contributed by atoms with Crippen LogP contribution in [0.25, 0.3) is 0 Å². The van der Waals surface area contributed by atoms with E-state index in [-0.39, 0.29) is 6.61 Å². The fraction of sp³-hybridized carbons (Fsp3) is 0.250. The first-order valence-corrected chi connectivity index (χ1v) is 5.61. The molecule has 0 saturated carbocycles. The Morgan fingerprint density at radius 2 is 2.18 bits per heavy atom. The maximum absolute atomic E-state index is 8.86. The fourth-order valence-electron chi connectivity index (χ4n) is 1.45. The molecular formula is C12H13ClN2O2. The molecule has 4 nitrogen and oxygen atoms in total. The van der Waals surface area contributed by atoms with Crippen LogP contribution in [0.2, 0.25) is 5.15 Å². The number of halogens is 1. The Bertz CT molecular complexity index is 511. The summed E-state index contributed by atoms with van der Waals surface area (Å²) >= 11 is 5.83. The molecule has 2 aromatic rings. The molecule has 0 aliphatic carbocycles. The van der Waals surface area contributed by atoms with Crippen molar-refractivity contribution in [2.45, 2.75) is 20.1 Å². The van der Waals surface area contributed by atoms with E-state index in [1.54, 1.807) is 12.3 Å². The average molecular weight is 253 g/mol. The van der Waals surface area contributed by atoms with Gasteiger partial charge in [0.1, 0.15) is 23.3 Å². The van der Waals surface area contributed by atoms with Gasteiger partial charge in [0.05, 0.1) is 18.4 Å². The number of nitrogens with zero attached hydrogens (tertiary/aromatic N) is 1. The molecule has 0 amide bonds. The lowest BCUT2D eigenvalue weighted by atomic mass is 10.3. The lowest BCUT2D eigenvalue weighted by molar-refractivity contribution is 0.244. The number of nitrogens with one attached hydrogen (secondary N) is 1. The van der Waals surface area contributed by atoms with E-state index in [9.17, 15) is 0 Å². The molecular weight excluding hydrogens is 240 g/mol. The van der Waals surface area contributed by atoms with Crippen molar-refractivity contribution in [1.82, 2.24) is 4.98 Å². The second-order valence-electron chi connectivity index (χ2n) is 3.71. The average Bonchev–Trinajstić information content (AvgIpc) is 2.79. The summed E-state index contributed by atoms with van der Waals surface area (Å²) in [5.74, 6) is 1.33. The lowest BCUT2D eigenvalue weighted by Gasteiger charge is -2.05. The highest BCUT2D eigenvalue weighted by Gasteiger charge is 2.02. The van der Waals surface area contributed by atoms with Crippen molar-refractivity contribution < 1.29 is 9.52 Å². The molecule has 0 aromatic carbocycles. The van der Waals surface area contributed by atoms with Gasteiger partial charge in [-0.05, 0) is 30.7 Å². The first kappa shape index (κ1) is 12.0. The van der Waals surface area contributed by atoms with Crippen LogP contribution in [0.1, 0.15) is 17.1 Å². The Balaban J connectivity index is 1.99. The van der Waals surface area contributed by atoms with Crippen molar-refractivity contribution in [1.29, 1.82) is 0 Å². The molecule has 0 saturated heterocycles. The molecule has 2 aromatic heterocycles. The first-order valence-electron chi connectivity index (χ1n) is 5.23. The van der Waals surface area contributed by atoms with Crippen LogP contribution < -0.4 is 5.32 Å². The van der Waals surface area contributed by atoms with Gasteiger partial charge in [-0.2, -0.15) is 0 Å². The minimum atomic E-state index is -0.0817. The molecule has 17 heavy (non-hydrogen) atoms. The van der Waals surface area contributed by atoms with Gasteiger partial charge < -0.3 is 14.8 Å². The van der Waals surface area contributed by atoms with E-state index < -0.39 is 0 Å². The largest absolute Gasteiger partial charge is 0.462 e. The summed E-state index contributed by atoms with van der Waals surface area (Å²) in [5, 5.41) is 12.5. The molecule has 2 N–H and O–H groups in total. The van der Waals surface area contributed by atoms with Gasteiger partial charge in [-0.25, -0.2) is 4.98 Å². The summed E-state index contributed by atoms with van der Waals surface area (Å²) in [6.07, 6.45) is 1.67. The van der Waals surface area contributed by atoms with Crippen LogP contribution in [0, 0.1) is 6.92 Å². The van der Waals surface area contributed by atoms with E-state index in [0.29, 0.717) is 17.5 Å². The third-order valence-electron chi connectivity index (χ3n) is 2.35. The van der Waals surface area contributed by atoms with Gasteiger partial charge >= 0.3 is 0 Å². The van der Waals surface area contributed by atoms with Crippen molar-refractivity contribution in [3.8, 4) is 0 Å². The lowest BCUT2D eigenvalue weighted by Crippen LogP contribution is -1.99. The Kier molecular flexibility index (Phi) is 3.66. The van der Waals surface area contributed by atoms with Crippen LogP contribution in [0.15, 0.2) is 28.8 Å². The zero-order valence-electron chi connectivity index (χ0n) is 9.40. The van der Waals surface area contributed by atoms with Crippen LogP contribution in [-0.4, -0.2) is 10.1 Å². The molecule has 0 atom stereocenters. The molecule has 0 fully saturated rings. The van der Waals surface area contributed by atoms with Crippen LogP contribution in [0.4, 0.5) is 5.69 Å². The minimum Gasteiger partial charge on any atom is -0.462 e. The predicted octanol–water partition coefficient (Wildman–Crippen LogP) is 2.74. The van der Waals surface area contributed by atoms with Gasteiger partial charge in [0.15, 0.2) is 0 Å². The van der Waals surface area contributed by atoms with Crippen molar-refractivity contribution in [2.75, 3.05) is 5.32 Å². The standard InChI is InChI=1S/C12H13ClN2O2/c1-8-4-9(5-15-12(8)13)14-6-10-2-3-11(7-16)17-10/h2-5,14,16H,6-7H2,1H3. The molecule has 0 aliphatic heterocycles. The van der Waals surface area contributed by atoms with Crippen molar-refractivity contribution in [2.24, 2.45) is 0 Å². The molecule has 0 aliphatic rings. The van der Waals surface area contributed by atoms with E-state index in [1.165, 1.54) is 0 Å². The third kappa shape index (κ3) is 2.99. The third-order valence-corrected chi connectivity index (χ3v) is 2.75. The molecule has 0 bridgehead atoms. The molecule has 2 heterocycles. The quantitative estimate of drug-likeness (QED) is 0.822. The smallest absolute Gasteiger partial charge is 0.132 e. The number of rotatable bonds is 4. The normalized spacial score (nSPS) is 10.5. The number of hydrogen-bond donors (Lipinski definition) is 2. The SMILES string of the molecule is Cc1cc(NCc2ccc(CO)o2)cnc1Cl. The van der Waals surface area contributed by atoms with Gasteiger partial charge in [-0.1, -0.05) is 11.6 Å². The number of pyridine rings is 1. The Hall–Kier alpha value is -1.52. The highest BCUT2D eigenvalue weighted by Crippen LogP contribution is 2.17. The highest BCUT2D eigenvalue weighted by molar-refractivity contribution is 6.30. The zero-order chi connectivity index (χ0) is 12.3. The molecule has 0 unspecified atom stereocenters. The van der Waals surface area contributed by atoms with E-state index in [4.69, 9.17) is 21.1 Å². The van der Waals surface area contributed by atoms with Gasteiger partial charge in [-0.3, -0.25) is 0 Å². The molecule has 0 spiro atoms. The van der Waals surface area contributed by atoms with Crippen molar-refractivity contribution in [3.05, 3.63) is 46.6 Å². The van der Waals surface area contributed by atoms with Gasteiger partial charge in [0.2, 0.25) is 0 Å². The van der Waals surface area contributed by atoms with Gasteiger partial charge in [-0.15, -0.1) is 0 Å². The van der Waals surface area contributed by atoms with Crippen LogP contribution in [0.3, 0.4) is 0 Å². The fourth-order valence-corrected chi connectivity index (χ4v) is 1.55. The Morgan fingerprint density at radius 3 is 2.82 bits per heavy atom. The molecule has 5 heteroatoms. The Labute approximate surface area is 104 Å². The molecule has 2 rings (SSSR count). The number of hydrogen-bond acceptors (Lipinski definition) is 4. The van der Waals surface area contributed by atoms with Gasteiger partial charge in [0.25, 0.3) is 0 Å². The summed E-state index contributed by atoms with van der Waals surface area (Å²) in [7, 11) is 0. The predicted molar refractivity (Wildman–Crippen MR) is 65.9 cm³/mol. The summed E-state index contributed by atoms with van der Waals surface area (Å²) < 4.78 is 5.35. The van der Waals surface area contributed by atoms with E-state index in [2.05, 4.69) is 10.3 Å².